The SMILES string of the molecule is Cc1nn(CC(C)C)c(C)c1CC(=O)Nc1cccc(C(=O)Nc2ccncc2)c1. The van der Waals surface area contributed by atoms with Gasteiger partial charge in [0.1, 0.15) is 0 Å². The smallest absolute Gasteiger partial charge is 0.255 e. The largest absolute Gasteiger partial charge is 0.326 e. The van der Waals surface area contributed by atoms with Gasteiger partial charge in [-0.15, -0.1) is 0 Å². The summed E-state index contributed by atoms with van der Waals surface area (Å²) in [6.07, 6.45) is 3.46. The number of carbonyl (C=O) groups is 2. The number of amides is 2. The van der Waals surface area contributed by atoms with Gasteiger partial charge >= 0.3 is 0 Å². The van der Waals surface area contributed by atoms with Gasteiger partial charge in [0.25, 0.3) is 5.91 Å². The molecule has 0 aliphatic carbocycles. The second-order valence-corrected chi connectivity index (χ2v) is 7.72. The molecule has 7 nitrogen and oxygen atoms in total. The summed E-state index contributed by atoms with van der Waals surface area (Å²) in [6.45, 7) is 9.02. The molecular weight excluding hydrogens is 378 g/mol. The molecule has 7 heteroatoms. The zero-order valence-electron chi connectivity index (χ0n) is 17.8. The monoisotopic (exact) mass is 405 g/mol. The number of nitrogens with one attached hydrogen (secondary N) is 2. The highest BCUT2D eigenvalue weighted by Crippen LogP contribution is 2.17. The third-order valence-corrected chi connectivity index (χ3v) is 4.75. The Balaban J connectivity index is 1.67. The third-order valence-electron chi connectivity index (χ3n) is 4.75. The van der Waals surface area contributed by atoms with Crippen molar-refractivity contribution in [1.82, 2.24) is 14.8 Å². The summed E-state index contributed by atoms with van der Waals surface area (Å²) in [6, 6.07) is 10.3. The molecule has 156 valence electrons. The number of anilines is 2. The Bertz CT molecular complexity index is 1040. The molecule has 2 amide bonds. The van der Waals surface area contributed by atoms with Crippen LogP contribution < -0.4 is 10.6 Å². The van der Waals surface area contributed by atoms with E-state index in [9.17, 15) is 9.59 Å². The highest BCUT2D eigenvalue weighted by molar-refractivity contribution is 6.05. The van der Waals surface area contributed by atoms with E-state index in [2.05, 4.69) is 34.6 Å². The van der Waals surface area contributed by atoms with E-state index in [1.807, 2.05) is 18.5 Å². The minimum Gasteiger partial charge on any atom is -0.326 e. The van der Waals surface area contributed by atoms with Gasteiger partial charge in [-0.2, -0.15) is 5.10 Å². The first kappa shape index (κ1) is 21.2. The van der Waals surface area contributed by atoms with Crippen LogP contribution in [0, 0.1) is 19.8 Å². The van der Waals surface area contributed by atoms with E-state index in [1.54, 1.807) is 48.8 Å². The molecule has 0 atom stereocenters. The minimum absolute atomic E-state index is 0.142. The molecule has 0 radical (unpaired) electrons. The van der Waals surface area contributed by atoms with E-state index < -0.39 is 0 Å². The van der Waals surface area contributed by atoms with Crippen molar-refractivity contribution >= 4 is 23.2 Å². The van der Waals surface area contributed by atoms with Crippen molar-refractivity contribution in [2.75, 3.05) is 10.6 Å². The maximum Gasteiger partial charge on any atom is 0.255 e. The zero-order chi connectivity index (χ0) is 21.7. The van der Waals surface area contributed by atoms with Crippen LogP contribution in [0.4, 0.5) is 11.4 Å². The Morgan fingerprint density at radius 3 is 2.47 bits per heavy atom. The van der Waals surface area contributed by atoms with Gasteiger partial charge in [0.15, 0.2) is 0 Å². The van der Waals surface area contributed by atoms with Crippen LogP contribution in [0.2, 0.25) is 0 Å². The van der Waals surface area contributed by atoms with Crippen LogP contribution in [0.25, 0.3) is 0 Å². The standard InChI is InChI=1S/C23H27N5O2/c1-15(2)14-28-17(4)21(16(3)27-28)13-22(29)25-20-7-5-6-18(12-20)23(30)26-19-8-10-24-11-9-19/h5-12,15H,13-14H2,1-4H3,(H,25,29)(H,24,26,30). The number of aromatic nitrogens is 3. The Morgan fingerprint density at radius 2 is 1.77 bits per heavy atom. The van der Waals surface area contributed by atoms with Crippen molar-refractivity contribution in [3.05, 3.63) is 71.3 Å². The van der Waals surface area contributed by atoms with Gasteiger partial charge in [0, 0.05) is 47.1 Å². The summed E-state index contributed by atoms with van der Waals surface area (Å²) in [5.74, 6) is 0.0849. The topological polar surface area (TPSA) is 88.9 Å². The number of benzene rings is 1. The molecule has 1 aromatic carbocycles. The highest BCUT2D eigenvalue weighted by Gasteiger charge is 2.16. The lowest BCUT2D eigenvalue weighted by molar-refractivity contribution is -0.115. The molecule has 0 unspecified atom stereocenters. The average molecular weight is 406 g/mol. The van der Waals surface area contributed by atoms with Gasteiger partial charge in [-0.1, -0.05) is 19.9 Å². The van der Waals surface area contributed by atoms with E-state index in [0.29, 0.717) is 22.9 Å². The van der Waals surface area contributed by atoms with Gasteiger partial charge in [0.2, 0.25) is 5.91 Å². The molecule has 2 aromatic heterocycles. The van der Waals surface area contributed by atoms with Crippen LogP contribution in [0.15, 0.2) is 48.8 Å². The summed E-state index contributed by atoms with van der Waals surface area (Å²) in [7, 11) is 0. The first-order valence-electron chi connectivity index (χ1n) is 9.97. The lowest BCUT2D eigenvalue weighted by Gasteiger charge is -2.10. The maximum atomic E-state index is 12.6. The Labute approximate surface area is 176 Å². The summed E-state index contributed by atoms with van der Waals surface area (Å²) in [5, 5.41) is 10.3. The van der Waals surface area contributed by atoms with Crippen LogP contribution in [-0.2, 0) is 17.8 Å². The van der Waals surface area contributed by atoms with Crippen LogP contribution >= 0.6 is 0 Å². The van der Waals surface area contributed by atoms with Crippen molar-refractivity contribution in [3.8, 4) is 0 Å². The minimum atomic E-state index is -0.251. The van der Waals surface area contributed by atoms with Gasteiger partial charge < -0.3 is 10.6 Å². The zero-order valence-corrected chi connectivity index (χ0v) is 17.8. The lowest BCUT2D eigenvalue weighted by atomic mass is 10.1. The predicted molar refractivity (Wildman–Crippen MR) is 118 cm³/mol. The summed E-state index contributed by atoms with van der Waals surface area (Å²) in [5.41, 5.74) is 4.53. The number of nitrogens with zero attached hydrogens (tertiary/aromatic N) is 3. The Morgan fingerprint density at radius 1 is 1.03 bits per heavy atom. The summed E-state index contributed by atoms with van der Waals surface area (Å²) in [4.78, 5) is 29.0. The molecule has 0 saturated heterocycles. The molecule has 2 N–H and O–H groups in total. The molecule has 0 bridgehead atoms. The summed E-state index contributed by atoms with van der Waals surface area (Å²) >= 11 is 0. The van der Waals surface area contributed by atoms with E-state index in [1.165, 1.54) is 0 Å². The molecule has 30 heavy (non-hydrogen) atoms. The molecule has 0 aliphatic heterocycles. The predicted octanol–water partition coefficient (Wildman–Crippen LogP) is 3.98. The van der Waals surface area contributed by atoms with E-state index in [0.717, 1.165) is 23.5 Å². The second kappa shape index (κ2) is 9.35. The van der Waals surface area contributed by atoms with Crippen molar-refractivity contribution in [1.29, 1.82) is 0 Å². The van der Waals surface area contributed by atoms with Gasteiger partial charge in [-0.05, 0) is 50.1 Å². The van der Waals surface area contributed by atoms with Crippen molar-refractivity contribution < 1.29 is 9.59 Å². The van der Waals surface area contributed by atoms with Crippen molar-refractivity contribution in [2.45, 2.75) is 40.7 Å². The normalized spacial score (nSPS) is 10.8. The van der Waals surface area contributed by atoms with Gasteiger partial charge in [-0.3, -0.25) is 19.3 Å². The maximum absolute atomic E-state index is 12.6. The number of hydrogen-bond donors (Lipinski definition) is 2. The number of pyridine rings is 1. The second-order valence-electron chi connectivity index (χ2n) is 7.72. The quantitative estimate of drug-likeness (QED) is 0.622. The van der Waals surface area contributed by atoms with Crippen LogP contribution in [0.3, 0.4) is 0 Å². The molecule has 2 heterocycles. The van der Waals surface area contributed by atoms with Gasteiger partial charge in [0.05, 0.1) is 12.1 Å². The molecule has 3 rings (SSSR count). The average Bonchev–Trinajstić information content (AvgIpc) is 2.95. The number of hydrogen-bond acceptors (Lipinski definition) is 4. The van der Waals surface area contributed by atoms with Crippen LogP contribution in [0.1, 0.15) is 41.2 Å². The van der Waals surface area contributed by atoms with E-state index in [-0.39, 0.29) is 18.2 Å². The van der Waals surface area contributed by atoms with Crippen molar-refractivity contribution in [3.63, 3.8) is 0 Å². The Hall–Kier alpha value is -3.48. The number of carbonyl (C=O) groups excluding carboxylic acids is 2. The molecular formula is C23H27N5O2. The fourth-order valence-electron chi connectivity index (χ4n) is 3.26. The highest BCUT2D eigenvalue weighted by atomic mass is 16.2. The molecule has 0 saturated carbocycles. The first-order valence-corrected chi connectivity index (χ1v) is 9.97. The van der Waals surface area contributed by atoms with E-state index >= 15 is 0 Å². The number of aryl methyl sites for hydroxylation is 1. The Kier molecular flexibility index (Phi) is 6.61. The third kappa shape index (κ3) is 5.31. The lowest BCUT2D eigenvalue weighted by Crippen LogP contribution is -2.17. The fraction of sp³-hybridized carbons (Fsp3) is 0.304. The van der Waals surface area contributed by atoms with E-state index in [4.69, 9.17) is 0 Å². The first-order chi connectivity index (χ1) is 14.3. The number of rotatable bonds is 7. The fourth-order valence-corrected chi connectivity index (χ4v) is 3.26. The molecule has 0 aliphatic rings. The van der Waals surface area contributed by atoms with Crippen LogP contribution in [-0.4, -0.2) is 26.6 Å². The summed E-state index contributed by atoms with van der Waals surface area (Å²) < 4.78 is 1.96. The van der Waals surface area contributed by atoms with Crippen molar-refractivity contribution in [2.24, 2.45) is 5.92 Å². The van der Waals surface area contributed by atoms with Crippen LogP contribution in [0.5, 0.6) is 0 Å². The van der Waals surface area contributed by atoms with Gasteiger partial charge in [-0.25, -0.2) is 0 Å². The molecule has 0 fully saturated rings. The molecule has 0 spiro atoms. The molecule has 3 aromatic rings.